The fourth-order valence-electron chi connectivity index (χ4n) is 2.92. The van der Waals surface area contributed by atoms with Crippen molar-refractivity contribution in [2.75, 3.05) is 13.2 Å². The molecule has 0 spiro atoms. The van der Waals surface area contributed by atoms with Crippen LogP contribution in [0.25, 0.3) is 0 Å². The molecule has 0 aliphatic rings. The number of hydrogen-bond acceptors (Lipinski definition) is 3. The lowest BCUT2D eigenvalue weighted by Crippen LogP contribution is -2.38. The average Bonchev–Trinajstić information content (AvgIpc) is 2.74. The Bertz CT molecular complexity index is 847. The van der Waals surface area contributed by atoms with Gasteiger partial charge in [0.25, 0.3) is 0 Å². The Balaban J connectivity index is 1.93. The van der Waals surface area contributed by atoms with E-state index in [0.29, 0.717) is 10.8 Å². The van der Waals surface area contributed by atoms with Crippen LogP contribution in [0.15, 0.2) is 84.9 Å². The summed E-state index contributed by atoms with van der Waals surface area (Å²) in [6.07, 6.45) is -0.556. The van der Waals surface area contributed by atoms with Crippen LogP contribution in [0, 0.1) is 0 Å². The van der Waals surface area contributed by atoms with Crippen molar-refractivity contribution < 1.29 is 14.4 Å². The second-order valence-electron chi connectivity index (χ2n) is 6.16. The van der Waals surface area contributed by atoms with Crippen LogP contribution in [0.2, 0.25) is 5.02 Å². The number of para-hydroxylation sites is 1. The van der Waals surface area contributed by atoms with Crippen molar-refractivity contribution in [1.29, 1.82) is 0 Å². The normalized spacial score (nSPS) is 10.5. The second kappa shape index (κ2) is 9.81. The molecular weight excluding hydrogens is 374 g/mol. The predicted molar refractivity (Wildman–Crippen MR) is 111 cm³/mol. The zero-order chi connectivity index (χ0) is 19.8. The number of benzene rings is 3. The summed E-state index contributed by atoms with van der Waals surface area (Å²) in [5, 5.41) is 1.66. The number of ether oxygens (including phenoxy) is 1. The topological polar surface area (TPSA) is 38.8 Å². The molecule has 0 atom stereocenters. The minimum Gasteiger partial charge on any atom is -0.448 e. The summed E-state index contributed by atoms with van der Waals surface area (Å²) in [6.45, 7) is 2.29. The molecule has 0 fully saturated rings. The van der Waals surface area contributed by atoms with Crippen LogP contribution >= 0.6 is 11.6 Å². The number of hydroxylamine groups is 2. The summed E-state index contributed by atoms with van der Waals surface area (Å²) in [6, 6.07) is 27.1. The lowest BCUT2D eigenvalue weighted by Gasteiger charge is -2.27. The van der Waals surface area contributed by atoms with Gasteiger partial charge >= 0.3 is 6.09 Å². The molecule has 4 nitrogen and oxygen atoms in total. The highest BCUT2D eigenvalue weighted by molar-refractivity contribution is 6.32. The molecule has 3 rings (SSSR count). The van der Waals surface area contributed by atoms with E-state index in [-0.39, 0.29) is 19.1 Å². The van der Waals surface area contributed by atoms with Crippen LogP contribution < -0.4 is 4.84 Å². The number of carbonyl (C=O) groups excluding carboxylic acids is 1. The highest BCUT2D eigenvalue weighted by Crippen LogP contribution is 2.29. The van der Waals surface area contributed by atoms with Crippen molar-refractivity contribution in [2.24, 2.45) is 0 Å². The van der Waals surface area contributed by atoms with Crippen molar-refractivity contribution in [1.82, 2.24) is 5.06 Å². The third kappa shape index (κ3) is 5.05. The second-order valence-corrected chi connectivity index (χ2v) is 6.56. The minimum absolute atomic E-state index is 0.0886. The Labute approximate surface area is 170 Å². The van der Waals surface area contributed by atoms with Gasteiger partial charge in [-0.3, -0.25) is 0 Å². The van der Waals surface area contributed by atoms with E-state index in [1.807, 2.05) is 60.7 Å². The summed E-state index contributed by atoms with van der Waals surface area (Å²) < 4.78 is 5.21. The van der Waals surface area contributed by atoms with E-state index in [4.69, 9.17) is 21.2 Å². The molecule has 0 aliphatic heterocycles. The van der Waals surface area contributed by atoms with Gasteiger partial charge in [-0.1, -0.05) is 84.4 Å². The van der Waals surface area contributed by atoms with Crippen LogP contribution in [-0.2, 0) is 4.74 Å². The molecule has 0 aliphatic carbocycles. The van der Waals surface area contributed by atoms with Gasteiger partial charge in [0.05, 0.1) is 18.2 Å². The summed E-state index contributed by atoms with van der Waals surface area (Å²) in [4.78, 5) is 18.5. The molecule has 0 unspecified atom stereocenters. The number of halogens is 1. The quantitative estimate of drug-likeness (QED) is 0.466. The first-order valence-electron chi connectivity index (χ1n) is 9.15. The minimum atomic E-state index is -0.556. The van der Waals surface area contributed by atoms with Crippen molar-refractivity contribution >= 4 is 17.7 Å². The molecule has 0 bridgehead atoms. The first kappa shape index (κ1) is 19.8. The van der Waals surface area contributed by atoms with Gasteiger partial charge in [-0.25, -0.2) is 4.79 Å². The molecule has 0 saturated carbocycles. The first-order chi connectivity index (χ1) is 13.7. The third-order valence-electron chi connectivity index (χ3n) is 4.27. The Hall–Kier alpha value is -2.98. The van der Waals surface area contributed by atoms with E-state index in [1.54, 1.807) is 31.2 Å². The van der Waals surface area contributed by atoms with Gasteiger partial charge in [-0.2, -0.15) is 0 Å². The van der Waals surface area contributed by atoms with E-state index in [2.05, 4.69) is 0 Å². The highest BCUT2D eigenvalue weighted by atomic mass is 35.5. The lowest BCUT2D eigenvalue weighted by molar-refractivity contribution is -0.0488. The van der Waals surface area contributed by atoms with E-state index >= 15 is 0 Å². The van der Waals surface area contributed by atoms with Gasteiger partial charge in [0.2, 0.25) is 0 Å². The number of hydrogen-bond donors (Lipinski definition) is 0. The zero-order valence-electron chi connectivity index (χ0n) is 15.6. The van der Waals surface area contributed by atoms with E-state index < -0.39 is 6.09 Å². The molecule has 3 aromatic rings. The Morgan fingerprint density at radius 3 is 1.96 bits per heavy atom. The van der Waals surface area contributed by atoms with Crippen molar-refractivity contribution in [3.05, 3.63) is 101 Å². The maximum absolute atomic E-state index is 12.6. The Kier molecular flexibility index (Phi) is 6.93. The zero-order valence-corrected chi connectivity index (χ0v) is 16.4. The molecular formula is C23H22ClNO3. The van der Waals surface area contributed by atoms with Crippen LogP contribution in [0.1, 0.15) is 24.0 Å². The number of nitrogens with zero attached hydrogens (tertiary/aromatic N) is 1. The fourth-order valence-corrected chi connectivity index (χ4v) is 3.09. The molecule has 28 heavy (non-hydrogen) atoms. The fraction of sp³-hybridized carbons (Fsp3) is 0.174. The van der Waals surface area contributed by atoms with E-state index in [9.17, 15) is 4.79 Å². The average molecular weight is 396 g/mol. The lowest BCUT2D eigenvalue weighted by atomic mass is 9.91. The predicted octanol–water partition coefficient (Wildman–Crippen LogP) is 5.92. The van der Waals surface area contributed by atoms with Crippen LogP contribution in [-0.4, -0.2) is 24.3 Å². The summed E-state index contributed by atoms with van der Waals surface area (Å²) >= 11 is 6.22. The third-order valence-corrected chi connectivity index (χ3v) is 4.58. The van der Waals surface area contributed by atoms with Crippen LogP contribution in [0.5, 0.6) is 5.75 Å². The Morgan fingerprint density at radius 2 is 1.43 bits per heavy atom. The van der Waals surface area contributed by atoms with Crippen molar-refractivity contribution in [3.8, 4) is 5.75 Å². The molecule has 0 saturated heterocycles. The molecule has 1 amide bonds. The maximum Gasteiger partial charge on any atom is 0.443 e. The molecule has 0 N–H and O–H groups in total. The molecule has 0 radical (unpaired) electrons. The van der Waals surface area contributed by atoms with Crippen molar-refractivity contribution in [2.45, 2.75) is 12.8 Å². The van der Waals surface area contributed by atoms with Crippen LogP contribution in [0.4, 0.5) is 4.79 Å². The van der Waals surface area contributed by atoms with Crippen LogP contribution in [0.3, 0.4) is 0 Å². The smallest absolute Gasteiger partial charge is 0.443 e. The molecule has 5 heteroatoms. The molecule has 0 heterocycles. The monoisotopic (exact) mass is 395 g/mol. The van der Waals surface area contributed by atoms with Gasteiger partial charge in [-0.15, -0.1) is 5.06 Å². The SMILES string of the molecule is CCOC(=O)N(CC(c1ccccc1)c1ccccc1)Oc1ccccc1Cl. The largest absolute Gasteiger partial charge is 0.448 e. The molecule has 0 aromatic heterocycles. The summed E-state index contributed by atoms with van der Waals surface area (Å²) in [7, 11) is 0. The van der Waals surface area contributed by atoms with Gasteiger partial charge in [0, 0.05) is 5.92 Å². The summed E-state index contributed by atoms with van der Waals surface area (Å²) in [5.41, 5.74) is 2.15. The van der Waals surface area contributed by atoms with Crippen molar-refractivity contribution in [3.63, 3.8) is 0 Å². The number of rotatable bonds is 7. The molecule has 144 valence electrons. The number of amides is 1. The van der Waals surface area contributed by atoms with E-state index in [0.717, 1.165) is 11.1 Å². The maximum atomic E-state index is 12.6. The molecule has 3 aromatic carbocycles. The van der Waals surface area contributed by atoms with E-state index in [1.165, 1.54) is 5.06 Å². The van der Waals surface area contributed by atoms with Gasteiger partial charge in [-0.05, 0) is 30.2 Å². The Morgan fingerprint density at radius 1 is 0.893 bits per heavy atom. The number of carbonyl (C=O) groups is 1. The summed E-state index contributed by atoms with van der Waals surface area (Å²) in [5.74, 6) is 0.311. The standard InChI is InChI=1S/C23H22ClNO3/c1-2-27-23(26)25(28-22-16-10-9-15-21(22)24)17-20(18-11-5-3-6-12-18)19-13-7-4-8-14-19/h3-16,20H,2,17H2,1H3. The highest BCUT2D eigenvalue weighted by Gasteiger charge is 2.25. The first-order valence-corrected chi connectivity index (χ1v) is 9.53. The van der Waals surface area contributed by atoms with Gasteiger partial charge in [0.1, 0.15) is 0 Å². The van der Waals surface area contributed by atoms with Gasteiger partial charge in [0.15, 0.2) is 5.75 Å². The van der Waals surface area contributed by atoms with Gasteiger partial charge < -0.3 is 9.57 Å².